The molecule has 1 amide bonds. The van der Waals surface area contributed by atoms with Crippen LogP contribution in [-0.2, 0) is 11.3 Å². The molecule has 0 fully saturated rings. The van der Waals surface area contributed by atoms with Crippen LogP contribution in [0.15, 0.2) is 53.6 Å². The maximum atomic E-state index is 11.9. The number of nitrogens with zero attached hydrogens (tertiary/aromatic N) is 4. The van der Waals surface area contributed by atoms with E-state index in [9.17, 15) is 25.0 Å². The third-order valence-electron chi connectivity index (χ3n) is 3.54. The predicted octanol–water partition coefficient (Wildman–Crippen LogP) is 3.17. The highest BCUT2D eigenvalue weighted by Crippen LogP contribution is 2.28. The number of rotatable bonds is 8. The van der Waals surface area contributed by atoms with Gasteiger partial charge in [-0.2, -0.15) is 5.10 Å². The molecule has 0 bridgehead atoms. The van der Waals surface area contributed by atoms with Crippen molar-refractivity contribution in [1.29, 1.82) is 0 Å². The molecule has 0 saturated heterocycles. The number of nitrogens with one attached hydrogen (secondary N) is 1. The second-order valence-electron chi connectivity index (χ2n) is 5.56. The maximum absolute atomic E-state index is 11.9. The van der Waals surface area contributed by atoms with Crippen molar-refractivity contribution in [1.82, 2.24) is 4.90 Å². The standard InChI is InChI=1S/C17H17N5O6/c1-20(17(23)28-12-13-5-3-2-4-6-13)10-9-18-19-15-8-7-14(21(24)25)11-16(15)22(26)27/h2-9,11,19H,10,12H2,1H3/b18-9+. The number of carbonyl (C=O) groups is 1. The van der Waals surface area contributed by atoms with Crippen LogP contribution in [-0.4, -0.2) is 40.6 Å². The van der Waals surface area contributed by atoms with Gasteiger partial charge in [0.25, 0.3) is 5.69 Å². The molecule has 0 aliphatic heterocycles. The highest BCUT2D eigenvalue weighted by molar-refractivity contribution is 5.73. The molecule has 0 aliphatic carbocycles. The second kappa shape index (κ2) is 9.62. The first kappa shape index (κ1) is 20.3. The summed E-state index contributed by atoms with van der Waals surface area (Å²) in [4.78, 5) is 33.4. The summed E-state index contributed by atoms with van der Waals surface area (Å²) in [6.07, 6.45) is 0.756. The lowest BCUT2D eigenvalue weighted by atomic mass is 10.2. The Morgan fingerprint density at radius 3 is 2.54 bits per heavy atom. The lowest BCUT2D eigenvalue weighted by Crippen LogP contribution is -2.29. The molecular formula is C17H17N5O6. The van der Waals surface area contributed by atoms with Gasteiger partial charge < -0.3 is 9.64 Å². The van der Waals surface area contributed by atoms with Gasteiger partial charge in [0.1, 0.15) is 12.3 Å². The third kappa shape index (κ3) is 5.76. The number of hydrogen-bond acceptors (Lipinski definition) is 8. The summed E-state index contributed by atoms with van der Waals surface area (Å²) in [7, 11) is 1.51. The average molecular weight is 387 g/mol. The maximum Gasteiger partial charge on any atom is 0.410 e. The van der Waals surface area contributed by atoms with E-state index in [0.29, 0.717) is 0 Å². The third-order valence-corrected chi connectivity index (χ3v) is 3.54. The van der Waals surface area contributed by atoms with Gasteiger partial charge in [0.15, 0.2) is 0 Å². The number of non-ortho nitro benzene ring substituents is 1. The van der Waals surface area contributed by atoms with Crippen molar-refractivity contribution in [2.45, 2.75) is 6.61 Å². The molecule has 146 valence electrons. The largest absolute Gasteiger partial charge is 0.445 e. The number of hydrogen-bond donors (Lipinski definition) is 1. The number of nitro groups is 2. The number of hydrazone groups is 1. The molecular weight excluding hydrogens is 370 g/mol. The van der Waals surface area contributed by atoms with E-state index in [1.807, 2.05) is 30.3 Å². The Hall–Kier alpha value is -4.02. The summed E-state index contributed by atoms with van der Waals surface area (Å²) >= 11 is 0. The van der Waals surface area contributed by atoms with Gasteiger partial charge >= 0.3 is 11.8 Å². The van der Waals surface area contributed by atoms with Gasteiger partial charge in [-0.15, -0.1) is 0 Å². The minimum Gasteiger partial charge on any atom is -0.445 e. The van der Waals surface area contributed by atoms with Crippen molar-refractivity contribution in [3.63, 3.8) is 0 Å². The van der Waals surface area contributed by atoms with Crippen molar-refractivity contribution in [3.8, 4) is 0 Å². The van der Waals surface area contributed by atoms with Crippen molar-refractivity contribution >= 4 is 29.4 Å². The van der Waals surface area contributed by atoms with Gasteiger partial charge in [-0.05, 0) is 11.6 Å². The van der Waals surface area contributed by atoms with E-state index in [2.05, 4.69) is 10.5 Å². The highest BCUT2D eigenvalue weighted by Gasteiger charge is 2.19. The fourth-order valence-corrected chi connectivity index (χ4v) is 2.06. The van der Waals surface area contributed by atoms with Crippen LogP contribution >= 0.6 is 0 Å². The molecule has 28 heavy (non-hydrogen) atoms. The van der Waals surface area contributed by atoms with E-state index in [1.165, 1.54) is 24.2 Å². The van der Waals surface area contributed by atoms with Crippen molar-refractivity contribution < 1.29 is 19.4 Å². The lowest BCUT2D eigenvalue weighted by Gasteiger charge is -2.14. The highest BCUT2D eigenvalue weighted by atomic mass is 16.6. The molecule has 11 nitrogen and oxygen atoms in total. The molecule has 2 aromatic carbocycles. The Morgan fingerprint density at radius 2 is 1.89 bits per heavy atom. The topological polar surface area (TPSA) is 140 Å². The number of benzene rings is 2. The zero-order chi connectivity index (χ0) is 20.5. The van der Waals surface area contributed by atoms with Crippen LogP contribution in [0.3, 0.4) is 0 Å². The first-order valence-corrected chi connectivity index (χ1v) is 8.00. The quantitative estimate of drug-likeness (QED) is 0.417. The van der Waals surface area contributed by atoms with Crippen LogP contribution in [0, 0.1) is 20.2 Å². The fraction of sp³-hybridized carbons (Fsp3) is 0.176. The molecule has 0 aliphatic rings. The van der Waals surface area contributed by atoms with Crippen LogP contribution in [0.5, 0.6) is 0 Å². The summed E-state index contributed by atoms with van der Waals surface area (Å²) < 4.78 is 5.14. The van der Waals surface area contributed by atoms with Gasteiger partial charge in [-0.25, -0.2) is 4.79 Å². The van der Waals surface area contributed by atoms with Crippen LogP contribution < -0.4 is 5.43 Å². The van der Waals surface area contributed by atoms with E-state index < -0.39 is 27.3 Å². The number of amides is 1. The smallest absolute Gasteiger partial charge is 0.410 e. The zero-order valence-corrected chi connectivity index (χ0v) is 14.8. The molecule has 1 N–H and O–H groups in total. The van der Waals surface area contributed by atoms with E-state index in [-0.39, 0.29) is 18.8 Å². The van der Waals surface area contributed by atoms with E-state index >= 15 is 0 Å². The monoisotopic (exact) mass is 387 g/mol. The Morgan fingerprint density at radius 1 is 1.18 bits per heavy atom. The molecule has 0 saturated carbocycles. The number of anilines is 1. The Balaban J connectivity index is 1.88. The van der Waals surface area contributed by atoms with Crippen molar-refractivity contribution in [2.24, 2.45) is 5.10 Å². The molecule has 0 atom stereocenters. The minimum atomic E-state index is -0.752. The summed E-state index contributed by atoms with van der Waals surface area (Å²) in [6.45, 7) is 0.218. The molecule has 2 aromatic rings. The van der Waals surface area contributed by atoms with Gasteiger partial charge in [-0.1, -0.05) is 30.3 Å². The average Bonchev–Trinajstić information content (AvgIpc) is 2.69. The summed E-state index contributed by atoms with van der Waals surface area (Å²) in [6, 6.07) is 12.3. The first-order chi connectivity index (χ1) is 13.4. The van der Waals surface area contributed by atoms with Gasteiger partial charge in [0.05, 0.1) is 22.5 Å². The summed E-state index contributed by atoms with van der Waals surface area (Å²) in [5, 5.41) is 25.6. The number of ether oxygens (including phenoxy) is 1. The van der Waals surface area contributed by atoms with E-state index in [0.717, 1.165) is 17.7 Å². The fourth-order valence-electron chi connectivity index (χ4n) is 2.06. The summed E-state index contributed by atoms with van der Waals surface area (Å²) in [5.41, 5.74) is 2.39. The Bertz CT molecular complexity index is 887. The van der Waals surface area contributed by atoms with Gasteiger partial charge in [0, 0.05) is 19.3 Å². The molecule has 0 spiro atoms. The van der Waals surface area contributed by atoms with Gasteiger partial charge in [-0.3, -0.25) is 25.7 Å². The molecule has 2 rings (SSSR count). The number of carbonyl (C=O) groups excluding carboxylic acids is 1. The normalized spacial score (nSPS) is 10.5. The summed E-state index contributed by atoms with van der Waals surface area (Å²) in [5.74, 6) is 0. The zero-order valence-electron chi connectivity index (χ0n) is 14.8. The van der Waals surface area contributed by atoms with E-state index in [4.69, 9.17) is 4.74 Å². The molecule has 0 radical (unpaired) electrons. The molecule has 11 heteroatoms. The predicted molar refractivity (Wildman–Crippen MR) is 101 cm³/mol. The first-order valence-electron chi connectivity index (χ1n) is 8.00. The number of nitro benzene ring substituents is 2. The molecule has 0 unspecified atom stereocenters. The van der Waals surface area contributed by atoms with Crippen LogP contribution in [0.4, 0.5) is 21.9 Å². The molecule has 0 heterocycles. The van der Waals surface area contributed by atoms with Crippen molar-refractivity contribution in [3.05, 3.63) is 74.3 Å². The van der Waals surface area contributed by atoms with E-state index in [1.54, 1.807) is 0 Å². The lowest BCUT2D eigenvalue weighted by molar-refractivity contribution is -0.393. The minimum absolute atomic E-state index is 0.0128. The molecule has 0 aromatic heterocycles. The van der Waals surface area contributed by atoms with Crippen LogP contribution in [0.25, 0.3) is 0 Å². The van der Waals surface area contributed by atoms with Gasteiger partial charge in [0.2, 0.25) is 0 Å². The van der Waals surface area contributed by atoms with Crippen LogP contribution in [0.1, 0.15) is 5.56 Å². The Kier molecular flexibility index (Phi) is 6.97. The Labute approximate surface area is 159 Å². The SMILES string of the molecule is CN(C/C=N/Nc1ccc([N+](=O)[O-])cc1[N+](=O)[O-])C(=O)OCc1ccccc1. The second-order valence-corrected chi connectivity index (χ2v) is 5.56. The van der Waals surface area contributed by atoms with Crippen LogP contribution in [0.2, 0.25) is 0 Å². The van der Waals surface area contributed by atoms with Crippen molar-refractivity contribution in [2.75, 3.05) is 19.0 Å².